The molecule has 7 nitrogen and oxygen atoms in total. The van der Waals surface area contributed by atoms with Crippen LogP contribution in [0.4, 0.5) is 0 Å². The summed E-state index contributed by atoms with van der Waals surface area (Å²) in [5, 5.41) is 0.917. The number of benzene rings is 2. The van der Waals surface area contributed by atoms with Gasteiger partial charge in [-0.2, -0.15) is 0 Å². The number of methoxy groups -OCH3 is 3. The van der Waals surface area contributed by atoms with Crippen molar-refractivity contribution in [1.29, 1.82) is 0 Å². The van der Waals surface area contributed by atoms with Crippen LogP contribution < -0.4 is 25.7 Å². The second-order valence-electron chi connectivity index (χ2n) is 5.17. The molecular weight excluding hydrogens is 395 g/mol. The summed E-state index contributed by atoms with van der Waals surface area (Å²) >= 11 is 11.4. The van der Waals surface area contributed by atoms with Gasteiger partial charge in [0.2, 0.25) is 17.6 Å². The molecule has 0 aliphatic rings. The van der Waals surface area contributed by atoms with Crippen molar-refractivity contribution < 1.29 is 23.8 Å². The zero-order chi connectivity index (χ0) is 20.6. The number of hydrogen-bond acceptors (Lipinski definition) is 5. The molecular formula is C18H20Cl2N2O5. The third-order valence-corrected chi connectivity index (χ3v) is 4.05. The van der Waals surface area contributed by atoms with E-state index in [9.17, 15) is 9.59 Å². The standard InChI is InChI=1S/C10H13NO4.C8H7Cl2NO/c1-13-7-4-6(10(11)12)5-8(14-2)9(7)15-3;9-6-2-1-5(3-7(6)10)4-8(11)12/h4-5H,1-3H3,(H2,11,12);1-3H,4H2,(H2,11,12). The van der Waals surface area contributed by atoms with Crippen molar-refractivity contribution in [3.8, 4) is 17.2 Å². The minimum atomic E-state index is -0.547. The number of carbonyl (C=O) groups excluding carboxylic acids is 2. The number of rotatable bonds is 6. The summed E-state index contributed by atoms with van der Waals surface area (Å²) in [6.45, 7) is 0. The average molecular weight is 415 g/mol. The van der Waals surface area contributed by atoms with Crippen molar-refractivity contribution in [3.05, 3.63) is 51.5 Å². The van der Waals surface area contributed by atoms with Crippen LogP contribution in [-0.2, 0) is 11.2 Å². The molecule has 0 atom stereocenters. The van der Waals surface area contributed by atoms with E-state index in [0.717, 1.165) is 5.56 Å². The van der Waals surface area contributed by atoms with Crippen LogP contribution in [0.3, 0.4) is 0 Å². The lowest BCUT2D eigenvalue weighted by atomic mass is 10.1. The normalized spacial score (nSPS) is 9.67. The molecule has 0 aliphatic carbocycles. The molecule has 0 bridgehead atoms. The predicted octanol–water partition coefficient (Wildman–Crippen LogP) is 2.83. The van der Waals surface area contributed by atoms with Gasteiger partial charge in [-0.15, -0.1) is 0 Å². The number of halogens is 2. The molecule has 0 unspecified atom stereocenters. The molecule has 0 radical (unpaired) electrons. The van der Waals surface area contributed by atoms with Gasteiger partial charge in [0.15, 0.2) is 11.5 Å². The van der Waals surface area contributed by atoms with Gasteiger partial charge in [0.05, 0.1) is 37.8 Å². The van der Waals surface area contributed by atoms with Gasteiger partial charge in [-0.25, -0.2) is 0 Å². The Morgan fingerprint density at radius 2 is 1.44 bits per heavy atom. The molecule has 27 heavy (non-hydrogen) atoms. The van der Waals surface area contributed by atoms with Crippen LogP contribution in [0, 0.1) is 0 Å². The quantitative estimate of drug-likeness (QED) is 0.753. The minimum absolute atomic E-state index is 0.191. The highest BCUT2D eigenvalue weighted by Gasteiger charge is 2.15. The molecule has 0 fully saturated rings. The van der Waals surface area contributed by atoms with E-state index in [2.05, 4.69) is 0 Å². The van der Waals surface area contributed by atoms with Crippen molar-refractivity contribution in [2.24, 2.45) is 11.5 Å². The molecule has 2 amide bonds. The third-order valence-electron chi connectivity index (χ3n) is 3.31. The Labute approximate surface area is 167 Å². The van der Waals surface area contributed by atoms with E-state index in [1.165, 1.54) is 33.5 Å². The van der Waals surface area contributed by atoms with Gasteiger partial charge in [-0.3, -0.25) is 9.59 Å². The van der Waals surface area contributed by atoms with E-state index >= 15 is 0 Å². The fraction of sp³-hybridized carbons (Fsp3) is 0.222. The minimum Gasteiger partial charge on any atom is -0.493 e. The molecule has 4 N–H and O–H groups in total. The Hall–Kier alpha value is -2.64. The lowest BCUT2D eigenvalue weighted by Crippen LogP contribution is -2.13. The SMILES string of the molecule is COc1cc(C(N)=O)cc(OC)c1OC.NC(=O)Cc1ccc(Cl)c(Cl)c1. The maximum atomic E-state index is 11.0. The van der Waals surface area contributed by atoms with Crippen LogP contribution in [0.25, 0.3) is 0 Å². The fourth-order valence-corrected chi connectivity index (χ4v) is 2.39. The van der Waals surface area contributed by atoms with E-state index in [4.69, 9.17) is 48.9 Å². The average Bonchev–Trinajstić information content (AvgIpc) is 2.63. The number of ether oxygens (including phenoxy) is 3. The number of amides is 2. The van der Waals surface area contributed by atoms with Gasteiger partial charge in [-0.1, -0.05) is 29.3 Å². The van der Waals surface area contributed by atoms with Gasteiger partial charge < -0.3 is 25.7 Å². The number of hydrogen-bond donors (Lipinski definition) is 2. The maximum Gasteiger partial charge on any atom is 0.248 e. The summed E-state index contributed by atoms with van der Waals surface area (Å²) < 4.78 is 15.2. The van der Waals surface area contributed by atoms with Gasteiger partial charge in [0.25, 0.3) is 0 Å². The van der Waals surface area contributed by atoms with Crippen LogP contribution in [0.2, 0.25) is 10.0 Å². The van der Waals surface area contributed by atoms with Crippen molar-refractivity contribution >= 4 is 35.0 Å². The molecule has 0 heterocycles. The van der Waals surface area contributed by atoms with Crippen LogP contribution in [0.15, 0.2) is 30.3 Å². The smallest absolute Gasteiger partial charge is 0.248 e. The molecule has 146 valence electrons. The molecule has 0 aromatic heterocycles. The van der Waals surface area contributed by atoms with E-state index < -0.39 is 5.91 Å². The summed E-state index contributed by atoms with van der Waals surface area (Å²) in [7, 11) is 4.44. The summed E-state index contributed by atoms with van der Waals surface area (Å²) in [5.41, 5.74) is 11.2. The second kappa shape index (κ2) is 10.5. The first-order chi connectivity index (χ1) is 12.7. The van der Waals surface area contributed by atoms with Crippen molar-refractivity contribution in [2.45, 2.75) is 6.42 Å². The van der Waals surface area contributed by atoms with E-state index in [1.807, 2.05) is 0 Å². The Kier molecular flexibility index (Phi) is 8.71. The van der Waals surface area contributed by atoms with Gasteiger partial charge in [0.1, 0.15) is 0 Å². The summed E-state index contributed by atoms with van der Waals surface area (Å²) in [5.74, 6) is 0.323. The Morgan fingerprint density at radius 1 is 0.889 bits per heavy atom. The molecule has 0 saturated heterocycles. The first-order valence-electron chi connectivity index (χ1n) is 7.55. The first-order valence-corrected chi connectivity index (χ1v) is 8.31. The lowest BCUT2D eigenvalue weighted by Gasteiger charge is -2.12. The lowest BCUT2D eigenvalue weighted by molar-refractivity contribution is -0.117. The van der Waals surface area contributed by atoms with Crippen LogP contribution >= 0.6 is 23.2 Å². The van der Waals surface area contributed by atoms with Crippen molar-refractivity contribution in [3.63, 3.8) is 0 Å². The van der Waals surface area contributed by atoms with Crippen LogP contribution in [0.5, 0.6) is 17.2 Å². The number of nitrogens with two attached hydrogens (primary N) is 2. The zero-order valence-corrected chi connectivity index (χ0v) is 16.6. The van der Waals surface area contributed by atoms with Crippen LogP contribution in [-0.4, -0.2) is 33.1 Å². The summed E-state index contributed by atoms with van der Waals surface area (Å²) in [6.07, 6.45) is 0.191. The van der Waals surface area contributed by atoms with E-state index in [-0.39, 0.29) is 12.3 Å². The monoisotopic (exact) mass is 414 g/mol. The van der Waals surface area contributed by atoms with E-state index in [1.54, 1.807) is 18.2 Å². The Balaban J connectivity index is 0.000000277. The molecule has 0 aliphatic heterocycles. The summed E-state index contributed by atoms with van der Waals surface area (Å²) in [6, 6.07) is 8.00. The zero-order valence-electron chi connectivity index (χ0n) is 15.0. The second-order valence-corrected chi connectivity index (χ2v) is 5.98. The fourth-order valence-electron chi connectivity index (χ4n) is 2.07. The first kappa shape index (κ1) is 22.4. The third kappa shape index (κ3) is 6.54. The maximum absolute atomic E-state index is 11.0. The predicted molar refractivity (Wildman–Crippen MR) is 104 cm³/mol. The summed E-state index contributed by atoms with van der Waals surface area (Å²) in [4.78, 5) is 21.5. The molecule has 0 spiro atoms. The van der Waals surface area contributed by atoms with Gasteiger partial charge in [0, 0.05) is 5.56 Å². The highest BCUT2D eigenvalue weighted by atomic mass is 35.5. The molecule has 2 rings (SSSR count). The Morgan fingerprint density at radius 3 is 1.81 bits per heavy atom. The van der Waals surface area contributed by atoms with Crippen LogP contribution in [0.1, 0.15) is 15.9 Å². The van der Waals surface area contributed by atoms with Gasteiger partial charge >= 0.3 is 0 Å². The molecule has 2 aromatic rings. The largest absolute Gasteiger partial charge is 0.493 e. The topological polar surface area (TPSA) is 114 Å². The molecule has 9 heteroatoms. The van der Waals surface area contributed by atoms with Gasteiger partial charge in [-0.05, 0) is 29.8 Å². The van der Waals surface area contributed by atoms with E-state index in [0.29, 0.717) is 32.9 Å². The Bertz CT molecular complexity index is 802. The number of primary amides is 2. The van der Waals surface area contributed by atoms with Crippen molar-refractivity contribution in [1.82, 2.24) is 0 Å². The van der Waals surface area contributed by atoms with Crippen molar-refractivity contribution in [2.75, 3.05) is 21.3 Å². The molecule has 0 saturated carbocycles. The highest BCUT2D eigenvalue weighted by molar-refractivity contribution is 6.42. The number of carbonyl (C=O) groups is 2. The molecule has 2 aromatic carbocycles. The highest BCUT2D eigenvalue weighted by Crippen LogP contribution is 2.37.